The molecule has 1 N–H and O–H groups in total. The van der Waals surface area contributed by atoms with Gasteiger partial charge in [0.1, 0.15) is 0 Å². The molecule has 0 heterocycles. The van der Waals surface area contributed by atoms with E-state index in [-0.39, 0.29) is 0 Å². The van der Waals surface area contributed by atoms with E-state index in [1.54, 1.807) is 0 Å². The zero-order valence-electron chi connectivity index (χ0n) is 14.4. The number of unbranched alkanes of at least 4 members (excludes halogenated alkanes) is 13. The van der Waals surface area contributed by atoms with Crippen molar-refractivity contribution < 1.29 is 0 Å². The molecule has 0 radical (unpaired) electrons. The molecular formula is C18H41N. The van der Waals surface area contributed by atoms with Gasteiger partial charge in [-0.05, 0) is 14.1 Å². The van der Waals surface area contributed by atoms with E-state index in [2.05, 4.69) is 19.2 Å². The van der Waals surface area contributed by atoms with Gasteiger partial charge in [0, 0.05) is 0 Å². The molecule has 0 bridgehead atoms. The topological polar surface area (TPSA) is 12.0 Å². The average molecular weight is 272 g/mol. The normalized spacial score (nSPS) is 10.1. The third-order valence-electron chi connectivity index (χ3n) is 3.46. The second kappa shape index (κ2) is 23.1. The first-order chi connectivity index (χ1) is 9.33. The molecule has 0 fully saturated rings. The Kier molecular flexibility index (Phi) is 25.8. The highest BCUT2D eigenvalue weighted by Gasteiger charge is 1.92. The zero-order valence-corrected chi connectivity index (χ0v) is 14.4. The maximum absolute atomic E-state index is 2.75. The summed E-state index contributed by atoms with van der Waals surface area (Å²) in [5.74, 6) is 0. The van der Waals surface area contributed by atoms with Crippen LogP contribution in [0.25, 0.3) is 0 Å². The molecule has 0 aliphatic heterocycles. The third-order valence-corrected chi connectivity index (χ3v) is 3.46. The van der Waals surface area contributed by atoms with Gasteiger partial charge in [-0.2, -0.15) is 0 Å². The summed E-state index contributed by atoms with van der Waals surface area (Å²) in [5, 5.41) is 2.75. The van der Waals surface area contributed by atoms with Gasteiger partial charge in [-0.3, -0.25) is 0 Å². The van der Waals surface area contributed by atoms with Crippen LogP contribution in [-0.2, 0) is 0 Å². The predicted molar refractivity (Wildman–Crippen MR) is 91.0 cm³/mol. The molecule has 0 aliphatic rings. The maximum Gasteiger partial charge on any atom is -0.0167 e. The Hall–Kier alpha value is -0.0400. The molecule has 0 atom stereocenters. The summed E-state index contributed by atoms with van der Waals surface area (Å²) < 4.78 is 0. The number of nitrogens with one attached hydrogen (secondary N) is 1. The Morgan fingerprint density at radius 3 is 0.737 bits per heavy atom. The van der Waals surface area contributed by atoms with Gasteiger partial charge in [0.25, 0.3) is 0 Å². The van der Waals surface area contributed by atoms with Crippen molar-refractivity contribution in [3.05, 3.63) is 0 Å². The Bertz CT molecular complexity index is 109. The summed E-state index contributed by atoms with van der Waals surface area (Å²) in [5.41, 5.74) is 0. The minimum absolute atomic E-state index is 1.37. The molecular weight excluding hydrogens is 230 g/mol. The van der Waals surface area contributed by atoms with Gasteiger partial charge in [-0.15, -0.1) is 0 Å². The fraction of sp³-hybridized carbons (Fsp3) is 1.00. The lowest BCUT2D eigenvalue weighted by Gasteiger charge is -2.02. The molecule has 0 unspecified atom stereocenters. The van der Waals surface area contributed by atoms with Crippen LogP contribution >= 0.6 is 0 Å². The van der Waals surface area contributed by atoms with Crippen LogP contribution in [0.1, 0.15) is 104 Å². The number of rotatable bonds is 13. The minimum atomic E-state index is 1.37. The van der Waals surface area contributed by atoms with Crippen LogP contribution in [0, 0.1) is 0 Å². The first kappa shape index (κ1) is 21.3. The minimum Gasteiger partial charge on any atom is -0.323 e. The third kappa shape index (κ3) is 27.2. The lowest BCUT2D eigenvalue weighted by molar-refractivity contribution is 0.538. The molecule has 0 saturated carbocycles. The molecule has 0 spiro atoms. The van der Waals surface area contributed by atoms with Gasteiger partial charge in [-0.1, -0.05) is 104 Å². The van der Waals surface area contributed by atoms with Gasteiger partial charge < -0.3 is 5.32 Å². The van der Waals surface area contributed by atoms with Crippen molar-refractivity contribution in [3.63, 3.8) is 0 Å². The van der Waals surface area contributed by atoms with Crippen molar-refractivity contribution in [3.8, 4) is 0 Å². The van der Waals surface area contributed by atoms with E-state index in [0.29, 0.717) is 0 Å². The van der Waals surface area contributed by atoms with Gasteiger partial charge >= 0.3 is 0 Å². The molecule has 0 aromatic rings. The van der Waals surface area contributed by atoms with Gasteiger partial charge in [0.15, 0.2) is 0 Å². The zero-order chi connectivity index (χ0) is 14.6. The summed E-state index contributed by atoms with van der Waals surface area (Å²) >= 11 is 0. The van der Waals surface area contributed by atoms with Crippen LogP contribution in [0.2, 0.25) is 0 Å². The number of hydrogen-bond donors (Lipinski definition) is 1. The summed E-state index contributed by atoms with van der Waals surface area (Å²) in [6, 6.07) is 0. The van der Waals surface area contributed by atoms with E-state index in [0.717, 1.165) is 0 Å². The van der Waals surface area contributed by atoms with Crippen molar-refractivity contribution >= 4 is 0 Å². The Labute approximate surface area is 123 Å². The maximum atomic E-state index is 2.75. The van der Waals surface area contributed by atoms with Crippen molar-refractivity contribution in [2.24, 2.45) is 0 Å². The summed E-state index contributed by atoms with van der Waals surface area (Å²) in [7, 11) is 3.75. The fourth-order valence-electron chi connectivity index (χ4n) is 2.27. The molecule has 0 saturated heterocycles. The van der Waals surface area contributed by atoms with Crippen LogP contribution in [0.3, 0.4) is 0 Å². The van der Waals surface area contributed by atoms with Gasteiger partial charge in [0.05, 0.1) is 0 Å². The van der Waals surface area contributed by atoms with Crippen LogP contribution < -0.4 is 5.32 Å². The first-order valence-corrected chi connectivity index (χ1v) is 8.91. The van der Waals surface area contributed by atoms with Crippen molar-refractivity contribution in [1.29, 1.82) is 0 Å². The molecule has 0 rings (SSSR count). The first-order valence-electron chi connectivity index (χ1n) is 8.91. The molecule has 0 amide bonds. The molecule has 118 valence electrons. The molecule has 0 aromatic carbocycles. The average Bonchev–Trinajstić information content (AvgIpc) is 2.41. The molecule has 1 heteroatoms. The van der Waals surface area contributed by atoms with E-state index >= 15 is 0 Å². The largest absolute Gasteiger partial charge is 0.323 e. The lowest BCUT2D eigenvalue weighted by Crippen LogP contribution is -1.89. The summed E-state index contributed by atoms with van der Waals surface area (Å²) in [4.78, 5) is 0. The molecule has 1 nitrogen and oxygen atoms in total. The second-order valence-corrected chi connectivity index (χ2v) is 5.74. The molecule has 19 heavy (non-hydrogen) atoms. The fourth-order valence-corrected chi connectivity index (χ4v) is 2.27. The smallest absolute Gasteiger partial charge is 0.0167 e. The second-order valence-electron chi connectivity index (χ2n) is 5.74. The Balaban J connectivity index is 0. The van der Waals surface area contributed by atoms with E-state index in [1.165, 1.54) is 89.9 Å². The van der Waals surface area contributed by atoms with Crippen molar-refractivity contribution in [2.45, 2.75) is 104 Å². The summed E-state index contributed by atoms with van der Waals surface area (Å²) in [6.07, 6.45) is 20.4. The van der Waals surface area contributed by atoms with E-state index in [4.69, 9.17) is 0 Å². The van der Waals surface area contributed by atoms with Crippen LogP contribution in [0.5, 0.6) is 0 Å². The standard InChI is InChI=1S/C16H34.C2H7N/c1-3-5-7-9-11-13-15-16-14-12-10-8-6-4-2;1-3-2/h3-16H2,1-2H3;3H,1-2H3. The lowest BCUT2D eigenvalue weighted by atomic mass is 10.0. The molecule has 0 aliphatic carbocycles. The van der Waals surface area contributed by atoms with Crippen LogP contribution in [-0.4, -0.2) is 14.1 Å². The van der Waals surface area contributed by atoms with Crippen molar-refractivity contribution in [1.82, 2.24) is 5.32 Å². The summed E-state index contributed by atoms with van der Waals surface area (Å²) in [6.45, 7) is 4.58. The predicted octanol–water partition coefficient (Wildman–Crippen LogP) is 6.32. The monoisotopic (exact) mass is 271 g/mol. The number of hydrogen-bond acceptors (Lipinski definition) is 1. The Morgan fingerprint density at radius 1 is 0.421 bits per heavy atom. The highest BCUT2D eigenvalue weighted by molar-refractivity contribution is 4.48. The highest BCUT2D eigenvalue weighted by Crippen LogP contribution is 2.12. The van der Waals surface area contributed by atoms with Crippen LogP contribution in [0.4, 0.5) is 0 Å². The SMILES string of the molecule is CCCCCCCCCCCCCCCC.CNC. The highest BCUT2D eigenvalue weighted by atomic mass is 14.7. The van der Waals surface area contributed by atoms with Gasteiger partial charge in [-0.25, -0.2) is 0 Å². The quantitative estimate of drug-likeness (QED) is 0.386. The Morgan fingerprint density at radius 2 is 0.579 bits per heavy atom. The van der Waals surface area contributed by atoms with Crippen molar-refractivity contribution in [2.75, 3.05) is 14.1 Å². The van der Waals surface area contributed by atoms with Gasteiger partial charge in [0.2, 0.25) is 0 Å². The van der Waals surface area contributed by atoms with E-state index in [9.17, 15) is 0 Å². The molecule has 0 aromatic heterocycles. The van der Waals surface area contributed by atoms with E-state index in [1.807, 2.05) is 14.1 Å². The van der Waals surface area contributed by atoms with E-state index < -0.39 is 0 Å². The van der Waals surface area contributed by atoms with Crippen LogP contribution in [0.15, 0.2) is 0 Å².